The second-order valence-electron chi connectivity index (χ2n) is 6.06. The third-order valence-electron chi connectivity index (χ3n) is 5.24. The largest absolute Gasteiger partial charge is 0.468 e. The fraction of sp³-hybridized carbons (Fsp3) is 0.667. The fourth-order valence-electron chi connectivity index (χ4n) is 3.91. The first-order valence-corrected chi connectivity index (χ1v) is 6.67. The van der Waals surface area contributed by atoms with Crippen molar-refractivity contribution < 1.29 is 9.21 Å². The van der Waals surface area contributed by atoms with E-state index in [4.69, 9.17) is 4.42 Å². The Morgan fingerprint density at radius 1 is 1.41 bits per heavy atom. The second kappa shape index (κ2) is 3.47. The van der Waals surface area contributed by atoms with Crippen LogP contribution in [0.15, 0.2) is 10.7 Å². The van der Waals surface area contributed by atoms with E-state index < -0.39 is 0 Å². The maximum absolute atomic E-state index is 12.2. The van der Waals surface area contributed by atoms with Crippen molar-refractivity contribution in [1.29, 1.82) is 0 Å². The van der Waals surface area contributed by atoms with E-state index in [1.807, 2.05) is 6.92 Å². The molecule has 1 aromatic rings. The van der Waals surface area contributed by atoms with E-state index in [-0.39, 0.29) is 5.41 Å². The summed E-state index contributed by atoms with van der Waals surface area (Å²) >= 11 is 0. The summed E-state index contributed by atoms with van der Waals surface area (Å²) in [7, 11) is 0. The standard InChI is InChI=1S/C15H20O2/c1-9-8-17-14-13(9)12(16)7-11-6-4-5-10(2)15(11,14)3/h8,10-11H,4-7H2,1-3H3/t10-,11+,15+/m0/s1. The van der Waals surface area contributed by atoms with Crippen molar-refractivity contribution in [3.05, 3.63) is 23.2 Å². The van der Waals surface area contributed by atoms with Crippen molar-refractivity contribution in [2.24, 2.45) is 11.8 Å². The molecule has 1 heterocycles. The van der Waals surface area contributed by atoms with Gasteiger partial charge in [0.05, 0.1) is 11.8 Å². The molecule has 1 saturated carbocycles. The van der Waals surface area contributed by atoms with Gasteiger partial charge in [-0.3, -0.25) is 4.79 Å². The molecular formula is C15H20O2. The van der Waals surface area contributed by atoms with Gasteiger partial charge in [-0.1, -0.05) is 20.3 Å². The summed E-state index contributed by atoms with van der Waals surface area (Å²) in [6.07, 6.45) is 6.15. The minimum Gasteiger partial charge on any atom is -0.468 e. The molecular weight excluding hydrogens is 212 g/mol. The SMILES string of the molecule is Cc1coc2c1C(=O)C[C@H]1CCC[C@H](C)[C@@]21C. The molecule has 0 aromatic carbocycles. The lowest BCUT2D eigenvalue weighted by molar-refractivity contribution is 0.0674. The van der Waals surface area contributed by atoms with Gasteiger partial charge in [-0.2, -0.15) is 0 Å². The van der Waals surface area contributed by atoms with Crippen molar-refractivity contribution in [2.45, 2.75) is 51.9 Å². The van der Waals surface area contributed by atoms with Gasteiger partial charge in [0.2, 0.25) is 0 Å². The minimum absolute atomic E-state index is 0.0791. The molecule has 2 nitrogen and oxygen atoms in total. The third kappa shape index (κ3) is 1.30. The zero-order valence-electron chi connectivity index (χ0n) is 10.9. The molecule has 0 unspecified atom stereocenters. The van der Waals surface area contributed by atoms with Crippen molar-refractivity contribution in [2.75, 3.05) is 0 Å². The summed E-state index contributed by atoms with van der Waals surface area (Å²) in [5, 5.41) is 0. The summed E-state index contributed by atoms with van der Waals surface area (Å²) in [4.78, 5) is 12.2. The van der Waals surface area contributed by atoms with Gasteiger partial charge < -0.3 is 4.42 Å². The molecule has 3 rings (SSSR count). The number of rotatable bonds is 0. The first kappa shape index (κ1) is 11.1. The van der Waals surface area contributed by atoms with Gasteiger partial charge in [-0.25, -0.2) is 0 Å². The Bertz CT molecular complexity index is 471. The fourth-order valence-corrected chi connectivity index (χ4v) is 3.91. The normalized spacial score (nSPS) is 36.5. The van der Waals surface area contributed by atoms with Gasteiger partial charge in [-0.15, -0.1) is 0 Å². The molecule has 1 fully saturated rings. The van der Waals surface area contributed by atoms with Crippen LogP contribution in [-0.4, -0.2) is 5.78 Å². The van der Waals surface area contributed by atoms with Crippen molar-refractivity contribution in [1.82, 2.24) is 0 Å². The van der Waals surface area contributed by atoms with Crippen molar-refractivity contribution in [3.63, 3.8) is 0 Å². The number of carbonyl (C=O) groups excluding carboxylic acids is 1. The van der Waals surface area contributed by atoms with Gasteiger partial charge in [-0.05, 0) is 37.2 Å². The number of aryl methyl sites for hydroxylation is 1. The molecule has 2 aliphatic rings. The highest BCUT2D eigenvalue weighted by Crippen LogP contribution is 2.53. The van der Waals surface area contributed by atoms with Gasteiger partial charge in [0, 0.05) is 11.8 Å². The van der Waals surface area contributed by atoms with Gasteiger partial charge in [0.25, 0.3) is 0 Å². The molecule has 0 aliphatic heterocycles. The Kier molecular flexibility index (Phi) is 2.26. The highest BCUT2D eigenvalue weighted by atomic mass is 16.3. The number of Topliss-reactive ketones (excluding diaryl/α,β-unsaturated/α-hetero) is 1. The van der Waals surface area contributed by atoms with Crippen LogP contribution in [-0.2, 0) is 5.41 Å². The number of carbonyl (C=O) groups is 1. The summed E-state index contributed by atoms with van der Waals surface area (Å²) in [6.45, 7) is 6.59. The first-order valence-electron chi connectivity index (χ1n) is 6.67. The number of hydrogen-bond acceptors (Lipinski definition) is 2. The predicted molar refractivity (Wildman–Crippen MR) is 66.2 cm³/mol. The molecule has 0 spiro atoms. The Balaban J connectivity index is 2.19. The van der Waals surface area contributed by atoms with Gasteiger partial charge in [0.15, 0.2) is 5.78 Å². The molecule has 0 saturated heterocycles. The maximum atomic E-state index is 12.2. The van der Waals surface area contributed by atoms with Crippen molar-refractivity contribution in [3.8, 4) is 0 Å². The van der Waals surface area contributed by atoms with E-state index >= 15 is 0 Å². The van der Waals surface area contributed by atoms with Crippen LogP contribution >= 0.6 is 0 Å². The number of ketones is 1. The van der Waals surface area contributed by atoms with E-state index in [0.29, 0.717) is 24.0 Å². The number of furan rings is 1. The number of hydrogen-bond donors (Lipinski definition) is 0. The van der Waals surface area contributed by atoms with Crippen LogP contribution in [0.3, 0.4) is 0 Å². The van der Waals surface area contributed by atoms with Crippen LogP contribution in [0.1, 0.15) is 61.2 Å². The zero-order chi connectivity index (χ0) is 12.2. The number of fused-ring (bicyclic) bond motifs is 3. The Hall–Kier alpha value is -1.05. The lowest BCUT2D eigenvalue weighted by Gasteiger charge is -2.47. The van der Waals surface area contributed by atoms with Crippen molar-refractivity contribution >= 4 is 5.78 Å². The lowest BCUT2D eigenvalue weighted by atomic mass is 9.56. The average Bonchev–Trinajstić information content (AvgIpc) is 2.67. The molecule has 2 aliphatic carbocycles. The Labute approximate surface area is 102 Å². The molecule has 0 bridgehead atoms. The van der Waals surface area contributed by atoms with Crippen LogP contribution in [0, 0.1) is 18.8 Å². The average molecular weight is 232 g/mol. The Morgan fingerprint density at radius 3 is 2.94 bits per heavy atom. The molecule has 0 radical (unpaired) electrons. The van der Waals surface area contributed by atoms with Gasteiger partial charge in [0.1, 0.15) is 5.76 Å². The quantitative estimate of drug-likeness (QED) is 0.679. The molecule has 3 atom stereocenters. The maximum Gasteiger partial charge on any atom is 0.166 e. The van der Waals surface area contributed by atoms with E-state index in [9.17, 15) is 4.79 Å². The molecule has 0 N–H and O–H groups in total. The molecule has 0 amide bonds. The van der Waals surface area contributed by atoms with E-state index in [0.717, 1.165) is 16.9 Å². The summed E-state index contributed by atoms with van der Waals surface area (Å²) in [6, 6.07) is 0. The molecule has 92 valence electrons. The minimum atomic E-state index is 0.0791. The van der Waals surface area contributed by atoms with E-state index in [1.165, 1.54) is 19.3 Å². The second-order valence-corrected chi connectivity index (χ2v) is 6.06. The molecule has 1 aromatic heterocycles. The van der Waals surface area contributed by atoms with E-state index in [1.54, 1.807) is 6.26 Å². The summed E-state index contributed by atoms with van der Waals surface area (Å²) in [5.41, 5.74) is 1.98. The van der Waals surface area contributed by atoms with Crippen LogP contribution in [0.2, 0.25) is 0 Å². The summed E-state index contributed by atoms with van der Waals surface area (Å²) in [5.74, 6) is 2.36. The topological polar surface area (TPSA) is 30.2 Å². The highest BCUT2D eigenvalue weighted by Gasteiger charge is 2.51. The van der Waals surface area contributed by atoms with Crippen LogP contribution in [0.4, 0.5) is 0 Å². The third-order valence-corrected chi connectivity index (χ3v) is 5.24. The smallest absolute Gasteiger partial charge is 0.166 e. The van der Waals surface area contributed by atoms with E-state index in [2.05, 4.69) is 13.8 Å². The monoisotopic (exact) mass is 232 g/mol. The summed E-state index contributed by atoms with van der Waals surface area (Å²) < 4.78 is 5.78. The van der Waals surface area contributed by atoms with Crippen LogP contribution in [0.25, 0.3) is 0 Å². The lowest BCUT2D eigenvalue weighted by Crippen LogP contribution is -2.46. The Morgan fingerprint density at radius 2 is 2.18 bits per heavy atom. The van der Waals surface area contributed by atoms with Gasteiger partial charge >= 0.3 is 0 Å². The van der Waals surface area contributed by atoms with Crippen LogP contribution < -0.4 is 0 Å². The highest BCUT2D eigenvalue weighted by molar-refractivity contribution is 6.00. The first-order chi connectivity index (χ1) is 8.05. The molecule has 2 heteroatoms. The zero-order valence-corrected chi connectivity index (χ0v) is 10.9. The van der Waals surface area contributed by atoms with Crippen LogP contribution in [0.5, 0.6) is 0 Å². The molecule has 17 heavy (non-hydrogen) atoms. The predicted octanol–water partition coefficient (Wildman–Crippen LogP) is 3.87.